The average molecular weight is 289 g/mol. The van der Waals surface area contributed by atoms with Gasteiger partial charge in [0.15, 0.2) is 0 Å². The van der Waals surface area contributed by atoms with E-state index in [0.717, 1.165) is 30.4 Å². The van der Waals surface area contributed by atoms with Gasteiger partial charge in [-0.2, -0.15) is 0 Å². The van der Waals surface area contributed by atoms with Crippen LogP contribution in [0.2, 0.25) is 0 Å². The summed E-state index contributed by atoms with van der Waals surface area (Å²) in [5, 5.41) is 4.87. The number of pyridine rings is 1. The normalized spacial score (nSPS) is 22.4. The molecule has 0 saturated heterocycles. The molecule has 2 unspecified atom stereocenters. The van der Waals surface area contributed by atoms with Gasteiger partial charge >= 0.3 is 0 Å². The smallest absolute Gasteiger partial charge is 0.0705 e. The number of alkyl halides is 1. The number of benzene rings is 1. The summed E-state index contributed by atoms with van der Waals surface area (Å²) >= 11 is 6.04. The molecule has 0 spiro atoms. The number of halogens is 1. The summed E-state index contributed by atoms with van der Waals surface area (Å²) in [5.74, 6) is 2.27. The highest BCUT2D eigenvalue weighted by Crippen LogP contribution is 2.32. The van der Waals surface area contributed by atoms with Crippen LogP contribution in [0.15, 0.2) is 36.5 Å². The van der Waals surface area contributed by atoms with E-state index in [1.54, 1.807) is 0 Å². The molecule has 1 aromatic heterocycles. The minimum atomic E-state index is 0.707. The monoisotopic (exact) mass is 288 g/mol. The van der Waals surface area contributed by atoms with Crippen LogP contribution in [-0.4, -0.2) is 17.4 Å². The second-order valence-corrected chi connectivity index (χ2v) is 6.03. The van der Waals surface area contributed by atoms with Gasteiger partial charge in [0, 0.05) is 24.0 Å². The van der Waals surface area contributed by atoms with Gasteiger partial charge < -0.3 is 5.32 Å². The molecule has 1 heterocycles. The Morgan fingerprint density at radius 3 is 2.90 bits per heavy atom. The summed E-state index contributed by atoms with van der Waals surface area (Å²) in [6.45, 7) is 1.99. The van der Waals surface area contributed by atoms with Gasteiger partial charge in [0.1, 0.15) is 0 Å². The quantitative estimate of drug-likeness (QED) is 0.842. The Hall–Kier alpha value is -1.12. The highest BCUT2D eigenvalue weighted by Gasteiger charge is 2.25. The molecular weight excluding hydrogens is 268 g/mol. The van der Waals surface area contributed by atoms with E-state index in [1.807, 2.05) is 12.3 Å². The minimum Gasteiger partial charge on any atom is -0.312 e. The lowest BCUT2D eigenvalue weighted by Crippen LogP contribution is -2.25. The Balaban J connectivity index is 1.63. The highest BCUT2D eigenvalue weighted by atomic mass is 35.5. The van der Waals surface area contributed by atoms with Crippen LogP contribution in [0.1, 0.15) is 24.8 Å². The van der Waals surface area contributed by atoms with Crippen LogP contribution in [-0.2, 0) is 6.54 Å². The largest absolute Gasteiger partial charge is 0.312 e. The van der Waals surface area contributed by atoms with Gasteiger partial charge in [-0.15, -0.1) is 11.6 Å². The van der Waals surface area contributed by atoms with Crippen LogP contribution >= 0.6 is 11.6 Å². The van der Waals surface area contributed by atoms with Crippen molar-refractivity contribution in [2.24, 2.45) is 11.8 Å². The zero-order valence-corrected chi connectivity index (χ0v) is 12.4. The van der Waals surface area contributed by atoms with E-state index < -0.39 is 0 Å². The predicted molar refractivity (Wildman–Crippen MR) is 85.0 cm³/mol. The molecule has 2 aromatic rings. The summed E-state index contributed by atoms with van der Waals surface area (Å²) < 4.78 is 0. The topological polar surface area (TPSA) is 24.9 Å². The second-order valence-electron chi connectivity index (χ2n) is 5.72. The molecule has 0 radical (unpaired) electrons. The second kappa shape index (κ2) is 6.55. The third-order valence-electron chi connectivity index (χ3n) is 4.48. The Morgan fingerprint density at radius 1 is 1.15 bits per heavy atom. The molecular formula is C17H21ClN2. The number of fused-ring (bicyclic) bond motifs is 1. The van der Waals surface area contributed by atoms with Gasteiger partial charge in [-0.25, -0.2) is 0 Å². The first-order chi connectivity index (χ1) is 9.88. The number of rotatable bonds is 5. The summed E-state index contributed by atoms with van der Waals surface area (Å²) in [6.07, 6.45) is 5.86. The summed E-state index contributed by atoms with van der Waals surface area (Å²) in [6, 6.07) is 10.4. The molecule has 3 rings (SSSR count). The Labute approximate surface area is 125 Å². The fourth-order valence-corrected chi connectivity index (χ4v) is 3.69. The fraction of sp³-hybridized carbons (Fsp3) is 0.471. The summed E-state index contributed by atoms with van der Waals surface area (Å²) in [4.78, 5) is 4.41. The minimum absolute atomic E-state index is 0.707. The number of nitrogens with one attached hydrogen (secondary N) is 1. The first-order valence-corrected chi connectivity index (χ1v) is 8.01. The molecule has 1 aliphatic rings. The molecule has 1 fully saturated rings. The maximum absolute atomic E-state index is 6.04. The van der Waals surface area contributed by atoms with Crippen LogP contribution in [0.4, 0.5) is 0 Å². The van der Waals surface area contributed by atoms with Crippen LogP contribution < -0.4 is 5.32 Å². The van der Waals surface area contributed by atoms with Crippen molar-refractivity contribution in [3.8, 4) is 0 Å². The van der Waals surface area contributed by atoms with Crippen LogP contribution in [0.5, 0.6) is 0 Å². The highest BCUT2D eigenvalue weighted by molar-refractivity contribution is 6.18. The van der Waals surface area contributed by atoms with Gasteiger partial charge in [-0.05, 0) is 48.9 Å². The van der Waals surface area contributed by atoms with Crippen molar-refractivity contribution in [3.63, 3.8) is 0 Å². The first kappa shape index (κ1) is 13.8. The van der Waals surface area contributed by atoms with E-state index in [4.69, 9.17) is 11.6 Å². The Bertz CT molecular complexity index is 564. The standard InChI is InChI=1S/C17H21ClN2/c18-10-13-4-3-5-14(13)11-19-12-15-8-9-20-17-7-2-1-6-16(15)17/h1-2,6-9,13-14,19H,3-5,10-12H2. The number of para-hydroxylation sites is 1. The van der Waals surface area contributed by atoms with Crippen LogP contribution in [0.25, 0.3) is 10.9 Å². The van der Waals surface area contributed by atoms with Gasteiger partial charge in [-0.3, -0.25) is 4.98 Å². The maximum Gasteiger partial charge on any atom is 0.0705 e. The predicted octanol–water partition coefficient (Wildman–Crippen LogP) is 3.98. The molecule has 1 saturated carbocycles. The van der Waals surface area contributed by atoms with Crippen molar-refractivity contribution in [3.05, 3.63) is 42.1 Å². The molecule has 106 valence electrons. The molecule has 3 heteroatoms. The number of aromatic nitrogens is 1. The van der Waals surface area contributed by atoms with Crippen LogP contribution in [0, 0.1) is 11.8 Å². The molecule has 1 aliphatic carbocycles. The van der Waals surface area contributed by atoms with Crippen molar-refractivity contribution >= 4 is 22.5 Å². The van der Waals surface area contributed by atoms with E-state index >= 15 is 0 Å². The fourth-order valence-electron chi connectivity index (χ4n) is 3.29. The molecule has 2 nitrogen and oxygen atoms in total. The zero-order valence-electron chi connectivity index (χ0n) is 11.7. The van der Waals surface area contributed by atoms with Crippen molar-refractivity contribution in [2.75, 3.05) is 12.4 Å². The van der Waals surface area contributed by atoms with Crippen molar-refractivity contribution < 1.29 is 0 Å². The molecule has 0 amide bonds. The number of hydrogen-bond donors (Lipinski definition) is 1. The van der Waals surface area contributed by atoms with Crippen molar-refractivity contribution in [1.29, 1.82) is 0 Å². The zero-order chi connectivity index (χ0) is 13.8. The van der Waals surface area contributed by atoms with Gasteiger partial charge in [0.25, 0.3) is 0 Å². The van der Waals surface area contributed by atoms with Crippen LogP contribution in [0.3, 0.4) is 0 Å². The summed E-state index contributed by atoms with van der Waals surface area (Å²) in [5.41, 5.74) is 2.40. The lowest BCUT2D eigenvalue weighted by Gasteiger charge is -2.18. The third-order valence-corrected chi connectivity index (χ3v) is 4.87. The molecule has 1 aromatic carbocycles. The van der Waals surface area contributed by atoms with E-state index in [9.17, 15) is 0 Å². The Kier molecular flexibility index (Phi) is 4.54. The Morgan fingerprint density at radius 2 is 2.00 bits per heavy atom. The molecule has 20 heavy (non-hydrogen) atoms. The summed E-state index contributed by atoms with van der Waals surface area (Å²) in [7, 11) is 0. The van der Waals surface area contributed by atoms with Gasteiger partial charge in [-0.1, -0.05) is 24.6 Å². The number of nitrogens with zero attached hydrogens (tertiary/aromatic N) is 1. The molecule has 1 N–H and O–H groups in total. The SMILES string of the molecule is ClCC1CCCC1CNCc1ccnc2ccccc12. The first-order valence-electron chi connectivity index (χ1n) is 7.48. The van der Waals surface area contributed by atoms with E-state index in [-0.39, 0.29) is 0 Å². The average Bonchev–Trinajstić information content (AvgIpc) is 2.95. The van der Waals surface area contributed by atoms with Gasteiger partial charge in [0.05, 0.1) is 5.52 Å². The lowest BCUT2D eigenvalue weighted by atomic mass is 9.98. The molecule has 2 atom stereocenters. The van der Waals surface area contributed by atoms with Gasteiger partial charge in [0.2, 0.25) is 0 Å². The van der Waals surface area contributed by atoms with Crippen molar-refractivity contribution in [1.82, 2.24) is 10.3 Å². The maximum atomic E-state index is 6.04. The third kappa shape index (κ3) is 2.97. The molecule has 0 aliphatic heterocycles. The number of hydrogen-bond acceptors (Lipinski definition) is 2. The van der Waals surface area contributed by atoms with E-state index in [2.05, 4.69) is 34.6 Å². The molecule has 0 bridgehead atoms. The van der Waals surface area contributed by atoms with E-state index in [1.165, 1.54) is 30.2 Å². The van der Waals surface area contributed by atoms with Crippen molar-refractivity contribution in [2.45, 2.75) is 25.8 Å². The lowest BCUT2D eigenvalue weighted by molar-refractivity contribution is 0.396. The van der Waals surface area contributed by atoms with E-state index in [0.29, 0.717) is 5.92 Å².